The summed E-state index contributed by atoms with van der Waals surface area (Å²) in [6, 6.07) is 11.6. The third-order valence-electron chi connectivity index (χ3n) is 3.12. The first-order valence-corrected chi connectivity index (χ1v) is 6.98. The van der Waals surface area contributed by atoms with Gasteiger partial charge < -0.3 is 5.32 Å². The lowest BCUT2D eigenvalue weighted by atomic mass is 10.2. The Hall–Kier alpha value is -1.71. The monoisotopic (exact) mass is 305 g/mol. The molecule has 3 aromatic rings. The smallest absolute Gasteiger partial charge is 0.0924 e. The fourth-order valence-corrected chi connectivity index (χ4v) is 2.60. The number of halogens is 2. The minimum Gasteiger partial charge on any atom is -0.381 e. The number of anilines is 1. The topological polar surface area (TPSA) is 29.9 Å². The Kier molecular flexibility index (Phi) is 3.55. The summed E-state index contributed by atoms with van der Waals surface area (Å²) in [5.41, 5.74) is 3.04. The molecule has 0 radical (unpaired) electrons. The van der Waals surface area contributed by atoms with Crippen molar-refractivity contribution in [3.63, 3.8) is 0 Å². The number of benzene rings is 2. The second-order valence-electron chi connectivity index (χ2n) is 4.67. The first-order chi connectivity index (χ1) is 9.61. The maximum atomic E-state index is 6.16. The van der Waals surface area contributed by atoms with Crippen LogP contribution in [0.4, 0.5) is 5.69 Å². The van der Waals surface area contributed by atoms with Crippen molar-refractivity contribution in [3.05, 3.63) is 58.2 Å². The molecule has 0 spiro atoms. The van der Waals surface area contributed by atoms with Crippen molar-refractivity contribution in [2.24, 2.45) is 7.05 Å². The van der Waals surface area contributed by atoms with Crippen molar-refractivity contribution in [1.29, 1.82) is 0 Å². The van der Waals surface area contributed by atoms with Crippen molar-refractivity contribution in [3.8, 4) is 0 Å². The first-order valence-electron chi connectivity index (χ1n) is 6.23. The van der Waals surface area contributed by atoms with E-state index in [1.807, 2.05) is 42.2 Å². The van der Waals surface area contributed by atoms with Gasteiger partial charge in [-0.25, -0.2) is 0 Å². The number of nitrogens with one attached hydrogen (secondary N) is 1. The lowest BCUT2D eigenvalue weighted by Crippen LogP contribution is -1.99. The van der Waals surface area contributed by atoms with Gasteiger partial charge >= 0.3 is 0 Å². The molecule has 1 N–H and O–H groups in total. The van der Waals surface area contributed by atoms with Crippen LogP contribution in [0.1, 0.15) is 5.56 Å². The number of aromatic nitrogens is 2. The lowest BCUT2D eigenvalue weighted by Gasteiger charge is -2.08. The molecular weight excluding hydrogens is 293 g/mol. The van der Waals surface area contributed by atoms with Gasteiger partial charge in [-0.1, -0.05) is 29.3 Å². The van der Waals surface area contributed by atoms with Crippen LogP contribution in [-0.4, -0.2) is 9.78 Å². The van der Waals surface area contributed by atoms with E-state index < -0.39 is 0 Å². The molecule has 0 saturated heterocycles. The highest BCUT2D eigenvalue weighted by Crippen LogP contribution is 2.23. The average Bonchev–Trinajstić information content (AvgIpc) is 2.77. The van der Waals surface area contributed by atoms with E-state index >= 15 is 0 Å². The summed E-state index contributed by atoms with van der Waals surface area (Å²) in [5, 5.41) is 10.1. The Bertz CT molecular complexity index is 765. The van der Waals surface area contributed by atoms with E-state index in [4.69, 9.17) is 23.2 Å². The van der Waals surface area contributed by atoms with Crippen LogP contribution in [0.5, 0.6) is 0 Å². The highest BCUT2D eigenvalue weighted by atomic mass is 35.5. The molecule has 5 heteroatoms. The van der Waals surface area contributed by atoms with Gasteiger partial charge in [0.1, 0.15) is 0 Å². The first kappa shape index (κ1) is 13.3. The average molecular weight is 306 g/mol. The normalized spacial score (nSPS) is 10.9. The van der Waals surface area contributed by atoms with E-state index in [-0.39, 0.29) is 0 Å². The van der Waals surface area contributed by atoms with Crippen LogP contribution < -0.4 is 5.32 Å². The zero-order chi connectivity index (χ0) is 14.1. The Morgan fingerprint density at radius 1 is 1.15 bits per heavy atom. The van der Waals surface area contributed by atoms with E-state index in [0.717, 1.165) is 22.2 Å². The molecule has 20 heavy (non-hydrogen) atoms. The Morgan fingerprint density at radius 3 is 2.80 bits per heavy atom. The quantitative estimate of drug-likeness (QED) is 0.772. The largest absolute Gasteiger partial charge is 0.381 e. The summed E-state index contributed by atoms with van der Waals surface area (Å²) in [7, 11) is 1.92. The molecule has 0 bridgehead atoms. The van der Waals surface area contributed by atoms with Crippen molar-refractivity contribution in [2.45, 2.75) is 6.54 Å². The van der Waals surface area contributed by atoms with Gasteiger partial charge in [0.25, 0.3) is 0 Å². The number of fused-ring (bicyclic) bond motifs is 1. The van der Waals surface area contributed by atoms with Gasteiger partial charge in [-0.05, 0) is 35.9 Å². The predicted molar refractivity (Wildman–Crippen MR) is 84.5 cm³/mol. The highest BCUT2D eigenvalue weighted by Gasteiger charge is 2.03. The number of rotatable bonds is 3. The number of hydrogen-bond donors (Lipinski definition) is 1. The van der Waals surface area contributed by atoms with Crippen LogP contribution in [0, 0.1) is 0 Å². The molecule has 102 valence electrons. The molecule has 0 atom stereocenters. The van der Waals surface area contributed by atoms with Crippen LogP contribution in [0.2, 0.25) is 10.0 Å². The van der Waals surface area contributed by atoms with E-state index in [9.17, 15) is 0 Å². The Balaban J connectivity index is 1.79. The maximum Gasteiger partial charge on any atom is 0.0924 e. The fourth-order valence-electron chi connectivity index (χ4n) is 2.12. The molecule has 0 unspecified atom stereocenters. The van der Waals surface area contributed by atoms with E-state index in [1.54, 1.807) is 6.07 Å². The van der Waals surface area contributed by atoms with E-state index in [2.05, 4.69) is 16.5 Å². The molecule has 0 amide bonds. The Morgan fingerprint density at radius 2 is 2.00 bits per heavy atom. The summed E-state index contributed by atoms with van der Waals surface area (Å²) in [6.07, 6.45) is 2.00. The van der Waals surface area contributed by atoms with Crippen molar-refractivity contribution < 1.29 is 0 Å². The molecule has 2 aromatic carbocycles. The van der Waals surface area contributed by atoms with Gasteiger partial charge in [0.15, 0.2) is 0 Å². The maximum absolute atomic E-state index is 6.16. The standard InChI is InChI=1S/C15H13Cl2N3/c1-20-9-11-6-13(4-5-15(11)19-20)18-8-10-2-3-12(16)7-14(10)17/h2-7,9,18H,8H2,1H3. The van der Waals surface area contributed by atoms with Crippen LogP contribution in [0.25, 0.3) is 10.9 Å². The lowest BCUT2D eigenvalue weighted by molar-refractivity contribution is 0.780. The molecule has 0 aliphatic carbocycles. The molecule has 3 nitrogen and oxygen atoms in total. The van der Waals surface area contributed by atoms with Crippen molar-refractivity contribution in [2.75, 3.05) is 5.32 Å². The number of aryl methyl sites for hydroxylation is 1. The Labute approximate surface area is 127 Å². The molecule has 1 aromatic heterocycles. The van der Waals surface area contributed by atoms with Crippen LogP contribution in [0.15, 0.2) is 42.6 Å². The van der Waals surface area contributed by atoms with Gasteiger partial charge in [0.2, 0.25) is 0 Å². The van der Waals surface area contributed by atoms with Crippen molar-refractivity contribution in [1.82, 2.24) is 9.78 Å². The molecule has 0 saturated carbocycles. The molecule has 0 aliphatic heterocycles. The van der Waals surface area contributed by atoms with E-state index in [0.29, 0.717) is 16.6 Å². The summed E-state index contributed by atoms with van der Waals surface area (Å²) in [5.74, 6) is 0. The van der Waals surface area contributed by atoms with Gasteiger partial charge in [0, 0.05) is 40.9 Å². The molecule has 1 heterocycles. The SMILES string of the molecule is Cn1cc2cc(NCc3ccc(Cl)cc3Cl)ccc2n1. The fraction of sp³-hybridized carbons (Fsp3) is 0.133. The van der Waals surface area contributed by atoms with E-state index in [1.165, 1.54) is 0 Å². The zero-order valence-electron chi connectivity index (χ0n) is 10.9. The van der Waals surface area contributed by atoms with Gasteiger partial charge in [-0.3, -0.25) is 4.68 Å². The summed E-state index contributed by atoms with van der Waals surface area (Å²) < 4.78 is 1.81. The van der Waals surface area contributed by atoms with Crippen molar-refractivity contribution >= 4 is 39.8 Å². The minimum atomic E-state index is 0.649. The molecule has 0 aliphatic rings. The third kappa shape index (κ3) is 2.74. The minimum absolute atomic E-state index is 0.649. The predicted octanol–water partition coefficient (Wildman–Crippen LogP) is 4.49. The third-order valence-corrected chi connectivity index (χ3v) is 3.70. The zero-order valence-corrected chi connectivity index (χ0v) is 12.4. The van der Waals surface area contributed by atoms with Gasteiger partial charge in [0.05, 0.1) is 5.52 Å². The number of nitrogens with zero attached hydrogens (tertiary/aromatic N) is 2. The summed E-state index contributed by atoms with van der Waals surface area (Å²) >= 11 is 12.0. The van der Waals surface area contributed by atoms with Gasteiger partial charge in [-0.15, -0.1) is 0 Å². The van der Waals surface area contributed by atoms with Crippen LogP contribution in [-0.2, 0) is 13.6 Å². The molecule has 0 fully saturated rings. The second-order valence-corrected chi connectivity index (χ2v) is 5.51. The highest BCUT2D eigenvalue weighted by molar-refractivity contribution is 6.35. The summed E-state index contributed by atoms with van der Waals surface area (Å²) in [6.45, 7) is 0.655. The molecular formula is C15H13Cl2N3. The van der Waals surface area contributed by atoms with Gasteiger partial charge in [-0.2, -0.15) is 5.10 Å². The second kappa shape index (κ2) is 5.35. The number of hydrogen-bond acceptors (Lipinski definition) is 2. The molecule has 3 rings (SSSR count). The van der Waals surface area contributed by atoms with Crippen LogP contribution in [0.3, 0.4) is 0 Å². The summed E-state index contributed by atoms with van der Waals surface area (Å²) in [4.78, 5) is 0. The van der Waals surface area contributed by atoms with Crippen LogP contribution >= 0.6 is 23.2 Å².